The number of nitrogens with zero attached hydrogens (tertiary/aromatic N) is 1. The molecule has 19 heavy (non-hydrogen) atoms. The summed E-state index contributed by atoms with van der Waals surface area (Å²) in [6.07, 6.45) is 1.40. The number of rotatable bonds is 5. The van der Waals surface area contributed by atoms with Crippen LogP contribution in [0.15, 0.2) is 30.3 Å². The number of nitriles is 1. The molecule has 5 heteroatoms. The Kier molecular flexibility index (Phi) is 5.73. The molecule has 0 saturated heterocycles. The van der Waals surface area contributed by atoms with Crippen LogP contribution in [0.1, 0.15) is 24.5 Å². The Morgan fingerprint density at radius 2 is 2.16 bits per heavy atom. The van der Waals surface area contributed by atoms with Crippen LogP contribution >= 0.6 is 0 Å². The van der Waals surface area contributed by atoms with Gasteiger partial charge >= 0.3 is 0 Å². The molecule has 0 fully saturated rings. The van der Waals surface area contributed by atoms with Crippen LogP contribution in [0.25, 0.3) is 5.57 Å². The molecule has 0 bridgehead atoms. The monoisotopic (exact) mass is 258 g/mol. The highest BCUT2D eigenvalue weighted by Gasteiger charge is 2.02. The second-order valence-electron chi connectivity index (χ2n) is 4.15. The van der Waals surface area contributed by atoms with Crippen LogP contribution in [0.5, 0.6) is 0 Å². The number of allylic oxidation sites excluding steroid dienone is 1. The first-order valence-electron chi connectivity index (χ1n) is 5.96. The molecule has 1 aromatic rings. The van der Waals surface area contributed by atoms with Crippen molar-refractivity contribution in [3.63, 3.8) is 0 Å². The molecular formula is C14H18N4O. The first-order valence-corrected chi connectivity index (χ1v) is 5.96. The lowest BCUT2D eigenvalue weighted by Gasteiger charge is -2.11. The second kappa shape index (κ2) is 7.31. The molecule has 1 unspecified atom stereocenters. The molecule has 0 aliphatic rings. The van der Waals surface area contributed by atoms with Crippen molar-refractivity contribution >= 4 is 11.4 Å². The Morgan fingerprint density at radius 3 is 2.68 bits per heavy atom. The summed E-state index contributed by atoms with van der Waals surface area (Å²) >= 11 is 0. The summed E-state index contributed by atoms with van der Waals surface area (Å²) in [5.74, 6) is 0.214. The molecule has 5 nitrogen and oxygen atoms in total. The number of aliphatic hydroxyl groups is 1. The topological polar surface area (TPSA) is 106 Å². The Hall–Kier alpha value is -2.16. The van der Waals surface area contributed by atoms with E-state index >= 15 is 0 Å². The van der Waals surface area contributed by atoms with Gasteiger partial charge in [-0.05, 0) is 30.2 Å². The minimum absolute atomic E-state index is 0.0701. The third-order valence-electron chi connectivity index (χ3n) is 2.65. The summed E-state index contributed by atoms with van der Waals surface area (Å²) in [5, 5.41) is 28.2. The Bertz CT molecular complexity index is 499. The minimum Gasteiger partial charge on any atom is -0.372 e. The maximum absolute atomic E-state index is 9.24. The number of nitrogens with two attached hydrogens (primary N) is 1. The lowest BCUT2D eigenvalue weighted by atomic mass is 10.0. The van der Waals surface area contributed by atoms with Gasteiger partial charge in [0, 0.05) is 13.0 Å². The van der Waals surface area contributed by atoms with E-state index in [0.29, 0.717) is 12.0 Å². The summed E-state index contributed by atoms with van der Waals surface area (Å²) in [6.45, 7) is 2.01. The first-order chi connectivity index (χ1) is 9.06. The predicted molar refractivity (Wildman–Crippen MR) is 75.3 cm³/mol. The summed E-state index contributed by atoms with van der Waals surface area (Å²) in [4.78, 5) is 0. The standard InChI is InChI=1S/C14H18N4O/c1-10(2-7-13(17)18-14(19)9-16)12-5-3-11(8-15)4-6-12/h2-6,14,19H,7,9,16H2,1H3,(H2,17,18)/b10-2+. The van der Waals surface area contributed by atoms with Gasteiger partial charge in [-0.3, -0.25) is 5.41 Å². The van der Waals surface area contributed by atoms with Gasteiger partial charge in [0.05, 0.1) is 17.5 Å². The highest BCUT2D eigenvalue weighted by atomic mass is 16.3. The highest BCUT2D eigenvalue weighted by Crippen LogP contribution is 2.14. The van der Waals surface area contributed by atoms with E-state index in [9.17, 15) is 5.11 Å². The molecule has 1 aromatic carbocycles. The van der Waals surface area contributed by atoms with E-state index in [1.165, 1.54) is 0 Å². The zero-order valence-electron chi connectivity index (χ0n) is 10.9. The molecule has 0 aliphatic heterocycles. The quantitative estimate of drug-likeness (QED) is 0.361. The lowest BCUT2D eigenvalue weighted by Crippen LogP contribution is -2.39. The molecular weight excluding hydrogens is 240 g/mol. The predicted octanol–water partition coefficient (Wildman–Crippen LogP) is 1.20. The molecule has 0 saturated carbocycles. The zero-order chi connectivity index (χ0) is 14.3. The summed E-state index contributed by atoms with van der Waals surface area (Å²) in [7, 11) is 0. The van der Waals surface area contributed by atoms with Crippen LogP contribution in [-0.4, -0.2) is 23.7 Å². The van der Waals surface area contributed by atoms with E-state index in [0.717, 1.165) is 11.1 Å². The smallest absolute Gasteiger partial charge is 0.137 e. The third-order valence-corrected chi connectivity index (χ3v) is 2.65. The van der Waals surface area contributed by atoms with Gasteiger partial charge in [0.1, 0.15) is 6.23 Å². The van der Waals surface area contributed by atoms with Crippen LogP contribution in [0.4, 0.5) is 0 Å². The normalized spacial score (nSPS) is 12.6. The molecule has 0 aliphatic carbocycles. The Morgan fingerprint density at radius 1 is 1.53 bits per heavy atom. The van der Waals surface area contributed by atoms with E-state index < -0.39 is 6.23 Å². The number of hydrogen-bond donors (Lipinski definition) is 4. The number of amidine groups is 1. The van der Waals surface area contributed by atoms with Crippen molar-refractivity contribution in [2.45, 2.75) is 19.6 Å². The summed E-state index contributed by atoms with van der Waals surface area (Å²) in [5.41, 5.74) is 7.88. The summed E-state index contributed by atoms with van der Waals surface area (Å²) in [6, 6.07) is 9.33. The molecule has 0 aromatic heterocycles. The van der Waals surface area contributed by atoms with Crippen LogP contribution in [0.2, 0.25) is 0 Å². The molecule has 0 amide bonds. The molecule has 0 heterocycles. The van der Waals surface area contributed by atoms with Crippen LogP contribution in [0.3, 0.4) is 0 Å². The van der Waals surface area contributed by atoms with Crippen molar-refractivity contribution in [2.24, 2.45) is 5.73 Å². The van der Waals surface area contributed by atoms with Crippen molar-refractivity contribution in [1.82, 2.24) is 5.32 Å². The fourth-order valence-electron chi connectivity index (χ4n) is 1.50. The average molecular weight is 258 g/mol. The fourth-order valence-corrected chi connectivity index (χ4v) is 1.50. The number of aliphatic hydroxyl groups excluding tert-OH is 1. The van der Waals surface area contributed by atoms with Gasteiger partial charge in [-0.15, -0.1) is 0 Å². The second-order valence-corrected chi connectivity index (χ2v) is 4.15. The van der Waals surface area contributed by atoms with E-state index in [2.05, 4.69) is 11.4 Å². The van der Waals surface area contributed by atoms with Crippen molar-refractivity contribution < 1.29 is 5.11 Å². The first kappa shape index (κ1) is 14.9. The molecule has 5 N–H and O–H groups in total. The van der Waals surface area contributed by atoms with Gasteiger partial charge < -0.3 is 16.2 Å². The Balaban J connectivity index is 2.61. The lowest BCUT2D eigenvalue weighted by molar-refractivity contribution is 0.167. The van der Waals surface area contributed by atoms with Crippen LogP contribution < -0.4 is 11.1 Å². The van der Waals surface area contributed by atoms with Gasteiger partial charge in [-0.25, -0.2) is 0 Å². The van der Waals surface area contributed by atoms with Gasteiger partial charge in [-0.2, -0.15) is 5.26 Å². The number of nitrogens with one attached hydrogen (secondary N) is 2. The molecule has 1 atom stereocenters. The van der Waals surface area contributed by atoms with Gasteiger partial charge in [0.25, 0.3) is 0 Å². The van der Waals surface area contributed by atoms with Crippen molar-refractivity contribution in [2.75, 3.05) is 6.54 Å². The number of benzene rings is 1. The van der Waals surface area contributed by atoms with Crippen molar-refractivity contribution in [3.05, 3.63) is 41.5 Å². The van der Waals surface area contributed by atoms with Crippen LogP contribution in [0, 0.1) is 16.7 Å². The fraction of sp³-hybridized carbons (Fsp3) is 0.286. The van der Waals surface area contributed by atoms with E-state index in [1.54, 1.807) is 12.1 Å². The van der Waals surface area contributed by atoms with E-state index in [1.807, 2.05) is 25.1 Å². The molecule has 100 valence electrons. The van der Waals surface area contributed by atoms with Gasteiger partial charge in [-0.1, -0.05) is 18.2 Å². The SMILES string of the molecule is C/C(=C\CC(=N)NC(O)CN)c1ccc(C#N)cc1. The average Bonchev–Trinajstić information content (AvgIpc) is 2.44. The number of hydrogen-bond acceptors (Lipinski definition) is 4. The molecule has 1 rings (SSSR count). The maximum atomic E-state index is 9.24. The summed E-state index contributed by atoms with van der Waals surface area (Å²) < 4.78 is 0. The van der Waals surface area contributed by atoms with Crippen LogP contribution in [-0.2, 0) is 0 Å². The highest BCUT2D eigenvalue weighted by molar-refractivity contribution is 5.82. The minimum atomic E-state index is -0.879. The van der Waals surface area contributed by atoms with E-state index in [-0.39, 0.29) is 12.4 Å². The largest absolute Gasteiger partial charge is 0.372 e. The van der Waals surface area contributed by atoms with Gasteiger partial charge in [0.2, 0.25) is 0 Å². The molecule has 0 radical (unpaired) electrons. The van der Waals surface area contributed by atoms with Crippen molar-refractivity contribution in [3.8, 4) is 6.07 Å². The third kappa shape index (κ3) is 4.92. The van der Waals surface area contributed by atoms with E-state index in [4.69, 9.17) is 16.4 Å². The Labute approximate surface area is 112 Å². The molecule has 0 spiro atoms. The van der Waals surface area contributed by atoms with Crippen molar-refractivity contribution in [1.29, 1.82) is 10.7 Å². The zero-order valence-corrected chi connectivity index (χ0v) is 10.9. The van der Waals surface area contributed by atoms with Gasteiger partial charge in [0.15, 0.2) is 0 Å². The maximum Gasteiger partial charge on any atom is 0.137 e.